The fourth-order valence-corrected chi connectivity index (χ4v) is 3.13. The summed E-state index contributed by atoms with van der Waals surface area (Å²) in [5.41, 5.74) is 7.21. The molecular weight excluding hydrogens is 276 g/mol. The van der Waals surface area contributed by atoms with Crippen LogP contribution in [0.15, 0.2) is 24.3 Å². The van der Waals surface area contributed by atoms with Crippen molar-refractivity contribution in [3.8, 4) is 5.75 Å². The lowest BCUT2D eigenvalue weighted by Gasteiger charge is -2.38. The molecule has 4 nitrogen and oxygen atoms in total. The molecule has 122 valence electrons. The first kappa shape index (κ1) is 16.8. The highest BCUT2D eigenvalue weighted by atomic mass is 16.5. The summed E-state index contributed by atoms with van der Waals surface area (Å²) < 4.78 is 5.43. The lowest BCUT2D eigenvalue weighted by Crippen LogP contribution is -2.51. The fraction of sp³-hybridized carbons (Fsp3) is 0.611. The number of nitrogens with zero attached hydrogens (tertiary/aromatic N) is 1. The summed E-state index contributed by atoms with van der Waals surface area (Å²) in [5, 5.41) is 0. The van der Waals surface area contributed by atoms with Crippen molar-refractivity contribution in [2.75, 3.05) is 13.2 Å². The molecule has 0 aromatic heterocycles. The average Bonchev–Trinajstić information content (AvgIpc) is 2.54. The van der Waals surface area contributed by atoms with Crippen molar-refractivity contribution >= 4 is 5.91 Å². The normalized spacial score (nSPS) is 19.8. The van der Waals surface area contributed by atoms with Crippen LogP contribution in [0, 0.1) is 0 Å². The molecule has 4 heteroatoms. The highest BCUT2D eigenvalue weighted by Gasteiger charge is 2.28. The average molecular weight is 304 g/mol. The number of hydrogen-bond donors (Lipinski definition) is 1. The number of carbonyl (C=O) groups is 1. The van der Waals surface area contributed by atoms with Gasteiger partial charge in [0.1, 0.15) is 5.75 Å². The number of piperidine rings is 1. The van der Waals surface area contributed by atoms with Gasteiger partial charge in [-0.15, -0.1) is 0 Å². The number of benzene rings is 1. The van der Waals surface area contributed by atoms with Crippen LogP contribution in [0.1, 0.15) is 45.1 Å². The maximum Gasteiger partial charge on any atom is 0.223 e. The molecule has 1 aliphatic rings. The second-order valence-corrected chi connectivity index (χ2v) is 6.09. The topological polar surface area (TPSA) is 55.6 Å². The van der Waals surface area contributed by atoms with Crippen molar-refractivity contribution in [1.82, 2.24) is 4.90 Å². The van der Waals surface area contributed by atoms with Gasteiger partial charge in [-0.25, -0.2) is 0 Å². The summed E-state index contributed by atoms with van der Waals surface area (Å²) in [6.45, 7) is 5.50. The van der Waals surface area contributed by atoms with Crippen LogP contribution < -0.4 is 10.5 Å². The SMILES string of the molecule is CCOc1ccc(CCC(=O)N2CCCCC2C(C)N)cc1. The minimum atomic E-state index is 0.0507. The quantitative estimate of drug-likeness (QED) is 0.879. The van der Waals surface area contributed by atoms with E-state index in [-0.39, 0.29) is 18.0 Å². The second kappa shape index (κ2) is 8.18. The first-order chi connectivity index (χ1) is 10.6. The van der Waals surface area contributed by atoms with E-state index in [2.05, 4.69) is 0 Å². The van der Waals surface area contributed by atoms with Crippen LogP contribution >= 0.6 is 0 Å². The molecule has 1 aromatic rings. The molecule has 0 aliphatic carbocycles. The lowest BCUT2D eigenvalue weighted by molar-refractivity contribution is -0.135. The molecule has 1 saturated heterocycles. The Hall–Kier alpha value is -1.55. The number of ether oxygens (including phenoxy) is 1. The predicted molar refractivity (Wildman–Crippen MR) is 88.9 cm³/mol. The Balaban J connectivity index is 1.88. The van der Waals surface area contributed by atoms with Gasteiger partial charge in [0.15, 0.2) is 0 Å². The van der Waals surface area contributed by atoms with Gasteiger partial charge in [-0.1, -0.05) is 12.1 Å². The smallest absolute Gasteiger partial charge is 0.223 e. The van der Waals surface area contributed by atoms with E-state index in [0.29, 0.717) is 13.0 Å². The number of carbonyl (C=O) groups excluding carboxylic acids is 1. The summed E-state index contributed by atoms with van der Waals surface area (Å²) >= 11 is 0. The number of rotatable bonds is 6. The molecule has 2 rings (SSSR count). The van der Waals surface area contributed by atoms with E-state index in [9.17, 15) is 4.79 Å². The monoisotopic (exact) mass is 304 g/mol. The highest BCUT2D eigenvalue weighted by molar-refractivity contribution is 5.77. The molecule has 1 amide bonds. The van der Waals surface area contributed by atoms with Crippen LogP contribution in [0.4, 0.5) is 0 Å². The summed E-state index contributed by atoms with van der Waals surface area (Å²) in [7, 11) is 0. The number of likely N-dealkylation sites (tertiary alicyclic amines) is 1. The fourth-order valence-electron chi connectivity index (χ4n) is 3.13. The number of aryl methyl sites for hydroxylation is 1. The van der Waals surface area contributed by atoms with Crippen LogP contribution in [-0.2, 0) is 11.2 Å². The molecule has 2 N–H and O–H groups in total. The largest absolute Gasteiger partial charge is 0.494 e. The molecule has 0 spiro atoms. The van der Waals surface area contributed by atoms with Crippen LogP contribution in [0.3, 0.4) is 0 Å². The number of nitrogens with two attached hydrogens (primary N) is 1. The summed E-state index contributed by atoms with van der Waals surface area (Å²) in [6.07, 6.45) is 4.63. The van der Waals surface area contributed by atoms with Crippen molar-refractivity contribution in [3.63, 3.8) is 0 Å². The first-order valence-corrected chi connectivity index (χ1v) is 8.38. The molecule has 22 heavy (non-hydrogen) atoms. The van der Waals surface area contributed by atoms with E-state index >= 15 is 0 Å². The van der Waals surface area contributed by atoms with E-state index in [1.54, 1.807) is 0 Å². The lowest BCUT2D eigenvalue weighted by atomic mass is 9.96. The van der Waals surface area contributed by atoms with Gasteiger partial charge in [-0.2, -0.15) is 0 Å². The Bertz CT molecular complexity index is 470. The molecule has 1 aromatic carbocycles. The van der Waals surface area contributed by atoms with Gasteiger partial charge in [0.05, 0.1) is 6.61 Å². The zero-order valence-electron chi connectivity index (χ0n) is 13.8. The Labute approximate surface area is 133 Å². The van der Waals surface area contributed by atoms with Crippen molar-refractivity contribution in [3.05, 3.63) is 29.8 Å². The molecule has 2 atom stereocenters. The second-order valence-electron chi connectivity index (χ2n) is 6.09. The van der Waals surface area contributed by atoms with Gasteiger partial charge in [0.2, 0.25) is 5.91 Å². The van der Waals surface area contributed by atoms with Crippen LogP contribution in [0.25, 0.3) is 0 Å². The molecule has 1 heterocycles. The third kappa shape index (κ3) is 4.47. The Morgan fingerprint density at radius 1 is 1.36 bits per heavy atom. The van der Waals surface area contributed by atoms with Crippen molar-refractivity contribution in [2.24, 2.45) is 5.73 Å². The van der Waals surface area contributed by atoms with Crippen LogP contribution in [0.5, 0.6) is 5.75 Å². The molecule has 1 aliphatic heterocycles. The van der Waals surface area contributed by atoms with E-state index in [4.69, 9.17) is 10.5 Å². The molecule has 2 unspecified atom stereocenters. The molecule has 0 saturated carbocycles. The third-order valence-electron chi connectivity index (χ3n) is 4.34. The number of amides is 1. The molecule has 1 fully saturated rings. The summed E-state index contributed by atoms with van der Waals surface area (Å²) in [5.74, 6) is 1.11. The summed E-state index contributed by atoms with van der Waals surface area (Å²) in [4.78, 5) is 14.5. The molecule has 0 bridgehead atoms. The van der Waals surface area contributed by atoms with Gasteiger partial charge in [-0.05, 0) is 57.2 Å². The Kier molecular flexibility index (Phi) is 6.25. The maximum atomic E-state index is 12.5. The van der Waals surface area contributed by atoms with Gasteiger partial charge in [-0.3, -0.25) is 4.79 Å². The zero-order valence-corrected chi connectivity index (χ0v) is 13.8. The maximum absolute atomic E-state index is 12.5. The Morgan fingerprint density at radius 3 is 2.73 bits per heavy atom. The van der Waals surface area contributed by atoms with Gasteiger partial charge in [0, 0.05) is 25.0 Å². The van der Waals surface area contributed by atoms with E-state index in [1.165, 1.54) is 12.0 Å². The molecular formula is C18H28N2O2. The third-order valence-corrected chi connectivity index (χ3v) is 4.34. The minimum absolute atomic E-state index is 0.0507. The van der Waals surface area contributed by atoms with E-state index in [0.717, 1.165) is 31.6 Å². The molecule has 0 radical (unpaired) electrons. The van der Waals surface area contributed by atoms with Crippen molar-refractivity contribution in [2.45, 2.75) is 58.0 Å². The minimum Gasteiger partial charge on any atom is -0.494 e. The van der Waals surface area contributed by atoms with Crippen molar-refractivity contribution in [1.29, 1.82) is 0 Å². The van der Waals surface area contributed by atoms with Gasteiger partial charge >= 0.3 is 0 Å². The van der Waals surface area contributed by atoms with Crippen LogP contribution in [-0.4, -0.2) is 36.0 Å². The standard InChI is InChI=1S/C18H28N2O2/c1-3-22-16-10-7-15(8-11-16)9-12-18(21)20-13-5-4-6-17(20)14(2)19/h7-8,10-11,14,17H,3-6,9,12-13,19H2,1-2H3. The highest BCUT2D eigenvalue weighted by Crippen LogP contribution is 2.21. The summed E-state index contributed by atoms with van der Waals surface area (Å²) in [6, 6.07) is 8.27. The van der Waals surface area contributed by atoms with E-state index in [1.807, 2.05) is 43.0 Å². The van der Waals surface area contributed by atoms with Crippen LogP contribution in [0.2, 0.25) is 0 Å². The first-order valence-electron chi connectivity index (χ1n) is 8.38. The van der Waals surface area contributed by atoms with Gasteiger partial charge < -0.3 is 15.4 Å². The van der Waals surface area contributed by atoms with Crippen molar-refractivity contribution < 1.29 is 9.53 Å². The van der Waals surface area contributed by atoms with E-state index < -0.39 is 0 Å². The zero-order chi connectivity index (χ0) is 15.9. The number of hydrogen-bond acceptors (Lipinski definition) is 3. The Morgan fingerprint density at radius 2 is 2.09 bits per heavy atom. The predicted octanol–water partition coefficient (Wildman–Crippen LogP) is 2.75. The van der Waals surface area contributed by atoms with Gasteiger partial charge in [0.25, 0.3) is 0 Å².